The van der Waals surface area contributed by atoms with Gasteiger partial charge in [0.2, 0.25) is 5.91 Å². The van der Waals surface area contributed by atoms with E-state index in [2.05, 4.69) is 15.5 Å². The Hall–Kier alpha value is -3.51. The lowest BCUT2D eigenvalue weighted by Crippen LogP contribution is -2.28. The molecule has 0 radical (unpaired) electrons. The van der Waals surface area contributed by atoms with Gasteiger partial charge in [-0.15, -0.1) is 10.2 Å². The SMILES string of the molecule is O=C(COC(c1ccccc1)c1ccccc1)NCc1nnc2ccccn12. The fourth-order valence-corrected chi connectivity index (χ4v) is 3.04. The molecule has 0 atom stereocenters. The van der Waals surface area contributed by atoms with E-state index in [1.54, 1.807) is 0 Å². The fourth-order valence-electron chi connectivity index (χ4n) is 3.04. The van der Waals surface area contributed by atoms with Crippen LogP contribution < -0.4 is 5.32 Å². The molecule has 2 aromatic carbocycles. The van der Waals surface area contributed by atoms with Crippen molar-refractivity contribution in [2.45, 2.75) is 12.6 Å². The van der Waals surface area contributed by atoms with E-state index in [9.17, 15) is 4.79 Å². The van der Waals surface area contributed by atoms with Gasteiger partial charge in [0.1, 0.15) is 12.7 Å². The van der Waals surface area contributed by atoms with Crippen molar-refractivity contribution in [2.75, 3.05) is 6.61 Å². The Morgan fingerprint density at radius 1 is 0.893 bits per heavy atom. The second-order valence-corrected chi connectivity index (χ2v) is 6.33. The summed E-state index contributed by atoms with van der Waals surface area (Å²) in [5.41, 5.74) is 2.76. The minimum Gasteiger partial charge on any atom is -0.359 e. The van der Waals surface area contributed by atoms with Crippen LogP contribution >= 0.6 is 0 Å². The van der Waals surface area contributed by atoms with Gasteiger partial charge in [-0.2, -0.15) is 0 Å². The lowest BCUT2D eigenvalue weighted by atomic mass is 10.0. The number of carbonyl (C=O) groups excluding carboxylic acids is 1. The van der Waals surface area contributed by atoms with E-state index in [1.165, 1.54) is 0 Å². The van der Waals surface area contributed by atoms with Crippen LogP contribution in [0.3, 0.4) is 0 Å². The van der Waals surface area contributed by atoms with Gasteiger partial charge in [-0.25, -0.2) is 0 Å². The highest BCUT2D eigenvalue weighted by atomic mass is 16.5. The Labute approximate surface area is 162 Å². The quantitative estimate of drug-likeness (QED) is 0.541. The second-order valence-electron chi connectivity index (χ2n) is 6.33. The average molecular weight is 372 g/mol. The number of hydrogen-bond donors (Lipinski definition) is 1. The van der Waals surface area contributed by atoms with Crippen LogP contribution in [-0.4, -0.2) is 27.1 Å². The summed E-state index contributed by atoms with van der Waals surface area (Å²) in [6.45, 7) is 0.236. The van der Waals surface area contributed by atoms with Crippen LogP contribution in [-0.2, 0) is 16.1 Å². The molecular formula is C22H20N4O2. The summed E-state index contributed by atoms with van der Waals surface area (Å²) < 4.78 is 7.82. The van der Waals surface area contributed by atoms with E-state index < -0.39 is 0 Å². The molecular weight excluding hydrogens is 352 g/mol. The fraction of sp³-hybridized carbons (Fsp3) is 0.136. The molecule has 0 aliphatic rings. The van der Waals surface area contributed by atoms with E-state index in [-0.39, 0.29) is 25.2 Å². The van der Waals surface area contributed by atoms with Gasteiger partial charge in [-0.3, -0.25) is 9.20 Å². The normalized spacial score (nSPS) is 11.0. The number of ether oxygens (including phenoxy) is 1. The van der Waals surface area contributed by atoms with Crippen LogP contribution in [0, 0.1) is 0 Å². The van der Waals surface area contributed by atoms with Crippen molar-refractivity contribution in [1.29, 1.82) is 0 Å². The largest absolute Gasteiger partial charge is 0.359 e. The highest BCUT2D eigenvalue weighted by Crippen LogP contribution is 2.25. The van der Waals surface area contributed by atoms with Crippen LogP contribution in [0.25, 0.3) is 5.65 Å². The molecule has 2 aromatic heterocycles. The van der Waals surface area contributed by atoms with Crippen molar-refractivity contribution in [3.05, 3.63) is 102 Å². The first-order valence-corrected chi connectivity index (χ1v) is 9.08. The number of nitrogens with one attached hydrogen (secondary N) is 1. The van der Waals surface area contributed by atoms with Crippen LogP contribution in [0.5, 0.6) is 0 Å². The molecule has 4 aromatic rings. The second kappa shape index (κ2) is 8.45. The van der Waals surface area contributed by atoms with E-state index in [0.717, 1.165) is 16.8 Å². The van der Waals surface area contributed by atoms with Gasteiger partial charge in [0, 0.05) is 6.20 Å². The van der Waals surface area contributed by atoms with Gasteiger partial charge in [0.25, 0.3) is 0 Å². The summed E-state index contributed by atoms with van der Waals surface area (Å²) in [7, 11) is 0. The summed E-state index contributed by atoms with van der Waals surface area (Å²) in [5.74, 6) is 0.469. The summed E-state index contributed by atoms with van der Waals surface area (Å²) in [4.78, 5) is 12.3. The van der Waals surface area contributed by atoms with Crippen LogP contribution in [0.1, 0.15) is 23.1 Å². The summed E-state index contributed by atoms with van der Waals surface area (Å²) in [6.07, 6.45) is 1.57. The Morgan fingerprint density at radius 3 is 2.21 bits per heavy atom. The van der Waals surface area contributed by atoms with Gasteiger partial charge in [0.05, 0.1) is 6.54 Å². The summed E-state index contributed by atoms with van der Waals surface area (Å²) in [6, 6.07) is 25.4. The maximum Gasteiger partial charge on any atom is 0.246 e. The number of amides is 1. The van der Waals surface area contributed by atoms with Crippen LogP contribution in [0.2, 0.25) is 0 Å². The first kappa shape index (κ1) is 17.9. The maximum absolute atomic E-state index is 12.3. The first-order valence-electron chi connectivity index (χ1n) is 9.08. The highest BCUT2D eigenvalue weighted by Gasteiger charge is 2.16. The number of nitrogens with zero attached hydrogens (tertiary/aromatic N) is 3. The van der Waals surface area contributed by atoms with Crippen molar-refractivity contribution < 1.29 is 9.53 Å². The van der Waals surface area contributed by atoms with Gasteiger partial charge in [0.15, 0.2) is 11.5 Å². The van der Waals surface area contributed by atoms with Gasteiger partial charge < -0.3 is 10.1 Å². The number of hydrogen-bond acceptors (Lipinski definition) is 4. The predicted molar refractivity (Wildman–Crippen MR) is 106 cm³/mol. The lowest BCUT2D eigenvalue weighted by Gasteiger charge is -2.18. The molecule has 0 saturated carbocycles. The average Bonchev–Trinajstić information content (AvgIpc) is 3.17. The lowest BCUT2D eigenvalue weighted by molar-refractivity contribution is -0.127. The zero-order valence-corrected chi connectivity index (χ0v) is 15.2. The number of rotatable bonds is 7. The Bertz CT molecular complexity index is 1010. The molecule has 6 nitrogen and oxygen atoms in total. The van der Waals surface area contributed by atoms with Crippen LogP contribution in [0.15, 0.2) is 85.1 Å². The summed E-state index contributed by atoms with van der Waals surface area (Å²) in [5, 5.41) is 11.0. The van der Waals surface area contributed by atoms with Gasteiger partial charge >= 0.3 is 0 Å². The molecule has 0 aliphatic carbocycles. The predicted octanol–water partition coefficient (Wildman–Crippen LogP) is 3.15. The molecule has 0 bridgehead atoms. The van der Waals surface area contributed by atoms with E-state index in [1.807, 2.05) is 89.5 Å². The molecule has 1 N–H and O–H groups in total. The molecule has 0 unspecified atom stereocenters. The van der Waals surface area contributed by atoms with Crippen LogP contribution in [0.4, 0.5) is 0 Å². The van der Waals surface area contributed by atoms with Crippen molar-refractivity contribution >= 4 is 11.6 Å². The monoisotopic (exact) mass is 372 g/mol. The van der Waals surface area contributed by atoms with Crippen molar-refractivity contribution in [3.8, 4) is 0 Å². The van der Waals surface area contributed by atoms with Gasteiger partial charge in [-0.05, 0) is 23.3 Å². The highest BCUT2D eigenvalue weighted by molar-refractivity contribution is 5.77. The summed E-state index contributed by atoms with van der Waals surface area (Å²) >= 11 is 0. The van der Waals surface area contributed by atoms with Gasteiger partial charge in [-0.1, -0.05) is 66.7 Å². The molecule has 1 amide bonds. The molecule has 2 heterocycles. The van der Waals surface area contributed by atoms with Crippen molar-refractivity contribution in [2.24, 2.45) is 0 Å². The third kappa shape index (κ3) is 4.07. The number of aromatic nitrogens is 3. The molecule has 4 rings (SSSR count). The zero-order chi connectivity index (χ0) is 19.2. The topological polar surface area (TPSA) is 68.5 Å². The molecule has 140 valence electrons. The van der Waals surface area contributed by atoms with Crippen molar-refractivity contribution in [3.63, 3.8) is 0 Å². The maximum atomic E-state index is 12.3. The minimum absolute atomic E-state index is 0.0504. The smallest absolute Gasteiger partial charge is 0.246 e. The first-order chi connectivity index (χ1) is 13.8. The number of pyridine rings is 1. The zero-order valence-electron chi connectivity index (χ0n) is 15.2. The van der Waals surface area contributed by atoms with E-state index in [4.69, 9.17) is 4.74 Å². The molecule has 0 spiro atoms. The third-order valence-electron chi connectivity index (χ3n) is 4.41. The molecule has 0 aliphatic heterocycles. The molecule has 28 heavy (non-hydrogen) atoms. The number of benzene rings is 2. The molecule has 6 heteroatoms. The van der Waals surface area contributed by atoms with E-state index in [0.29, 0.717) is 5.82 Å². The third-order valence-corrected chi connectivity index (χ3v) is 4.41. The Morgan fingerprint density at radius 2 is 1.54 bits per heavy atom. The number of carbonyl (C=O) groups is 1. The van der Waals surface area contributed by atoms with Crippen molar-refractivity contribution in [1.82, 2.24) is 19.9 Å². The standard InChI is InChI=1S/C22H20N4O2/c27-21(23-15-20-25-24-19-13-7-8-14-26(19)20)16-28-22(17-9-3-1-4-10-17)18-11-5-2-6-12-18/h1-14,22H,15-16H2,(H,23,27). The Balaban J connectivity index is 1.40. The van der Waals surface area contributed by atoms with E-state index >= 15 is 0 Å². The number of fused-ring (bicyclic) bond motifs is 1. The Kier molecular flexibility index (Phi) is 5.40. The molecule has 0 fully saturated rings. The molecule has 0 saturated heterocycles. The minimum atomic E-state index is -0.304.